The summed E-state index contributed by atoms with van der Waals surface area (Å²) in [5, 5.41) is 0. The Morgan fingerprint density at radius 2 is 1.95 bits per heavy atom. The van der Waals surface area contributed by atoms with Gasteiger partial charge in [-0.15, -0.1) is 0 Å². The molecule has 1 heterocycles. The van der Waals surface area contributed by atoms with Gasteiger partial charge in [-0.05, 0) is 31.7 Å². The van der Waals surface area contributed by atoms with Crippen LogP contribution >= 0.6 is 0 Å². The second kappa shape index (κ2) is 5.88. The van der Waals surface area contributed by atoms with Gasteiger partial charge < -0.3 is 15.4 Å². The largest absolute Gasteiger partial charge is 0.496 e. The Hall–Kier alpha value is -1.22. The van der Waals surface area contributed by atoms with Gasteiger partial charge in [-0.2, -0.15) is 0 Å². The molecule has 1 aromatic carbocycles. The summed E-state index contributed by atoms with van der Waals surface area (Å²) >= 11 is 0. The molecule has 21 heavy (non-hydrogen) atoms. The lowest BCUT2D eigenvalue weighted by atomic mass is 9.68. The smallest absolute Gasteiger partial charge is 0.127 e. The number of fused-ring (bicyclic) bond motifs is 1. The number of benzene rings is 1. The molecule has 3 rings (SSSR count). The Bertz CT molecular complexity index is 506. The van der Waals surface area contributed by atoms with Gasteiger partial charge in [0.1, 0.15) is 5.75 Å². The number of nitrogens with two attached hydrogens (primary N) is 1. The van der Waals surface area contributed by atoms with Crippen LogP contribution in [0.1, 0.15) is 49.7 Å². The maximum atomic E-state index is 6.23. The van der Waals surface area contributed by atoms with E-state index in [1.807, 2.05) is 7.11 Å². The van der Waals surface area contributed by atoms with Crippen molar-refractivity contribution in [3.63, 3.8) is 0 Å². The summed E-state index contributed by atoms with van der Waals surface area (Å²) in [6, 6.07) is 4.58. The number of methoxy groups -OCH3 is 1. The molecule has 1 aliphatic heterocycles. The Morgan fingerprint density at radius 3 is 2.62 bits per heavy atom. The van der Waals surface area contributed by atoms with Crippen molar-refractivity contribution >= 4 is 5.69 Å². The monoisotopic (exact) mass is 288 g/mol. The minimum Gasteiger partial charge on any atom is -0.496 e. The van der Waals surface area contributed by atoms with Crippen LogP contribution in [0.4, 0.5) is 5.69 Å². The highest BCUT2D eigenvalue weighted by Gasteiger charge is 2.36. The third kappa shape index (κ3) is 2.42. The quantitative estimate of drug-likeness (QED) is 0.928. The first-order chi connectivity index (χ1) is 10.2. The van der Waals surface area contributed by atoms with Crippen LogP contribution in [0.5, 0.6) is 5.75 Å². The van der Waals surface area contributed by atoms with E-state index in [0.29, 0.717) is 0 Å². The van der Waals surface area contributed by atoms with E-state index in [9.17, 15) is 0 Å². The van der Waals surface area contributed by atoms with E-state index < -0.39 is 0 Å². The van der Waals surface area contributed by atoms with Crippen LogP contribution in [0, 0.1) is 0 Å². The van der Waals surface area contributed by atoms with E-state index in [2.05, 4.69) is 24.1 Å². The summed E-state index contributed by atoms with van der Waals surface area (Å²) in [7, 11) is 4.00. The van der Waals surface area contributed by atoms with Crippen LogP contribution in [0.3, 0.4) is 0 Å². The number of rotatable bonds is 3. The molecule has 0 radical (unpaired) electrons. The summed E-state index contributed by atoms with van der Waals surface area (Å²) in [5.74, 6) is 1.12. The maximum Gasteiger partial charge on any atom is 0.127 e. The van der Waals surface area contributed by atoms with Crippen LogP contribution in [-0.2, 0) is 11.8 Å². The normalized spacial score (nSPS) is 21.0. The molecule has 2 aliphatic rings. The molecule has 116 valence electrons. The van der Waals surface area contributed by atoms with Gasteiger partial charge in [0.25, 0.3) is 0 Å². The first-order valence-corrected chi connectivity index (χ1v) is 8.33. The highest BCUT2D eigenvalue weighted by molar-refractivity contribution is 5.64. The van der Waals surface area contributed by atoms with E-state index in [0.717, 1.165) is 25.3 Å². The topological polar surface area (TPSA) is 38.5 Å². The number of hydrogen-bond donors (Lipinski definition) is 1. The summed E-state index contributed by atoms with van der Waals surface area (Å²) in [6.07, 6.45) is 8.66. The highest BCUT2D eigenvalue weighted by atomic mass is 16.5. The standard InChI is InChI=1S/C18H28N2O/c1-20-12-6-7-14-16(20)9-8-15(17(14)21-2)18(13-19)10-4-3-5-11-18/h8-9H,3-7,10-13,19H2,1-2H3. The van der Waals surface area contributed by atoms with Crippen molar-refractivity contribution < 1.29 is 4.74 Å². The maximum absolute atomic E-state index is 6.23. The molecule has 0 unspecified atom stereocenters. The fraction of sp³-hybridized carbons (Fsp3) is 0.667. The second-order valence-corrected chi connectivity index (χ2v) is 6.71. The molecule has 0 atom stereocenters. The van der Waals surface area contributed by atoms with E-state index in [1.165, 1.54) is 55.3 Å². The molecule has 3 heteroatoms. The van der Waals surface area contributed by atoms with Crippen molar-refractivity contribution in [2.75, 3.05) is 32.1 Å². The van der Waals surface area contributed by atoms with E-state index >= 15 is 0 Å². The summed E-state index contributed by atoms with van der Waals surface area (Å²) in [5.41, 5.74) is 10.5. The average molecular weight is 288 g/mol. The Labute approximate surface area is 128 Å². The molecule has 1 saturated carbocycles. The van der Waals surface area contributed by atoms with Gasteiger partial charge in [-0.25, -0.2) is 0 Å². The molecular formula is C18H28N2O. The lowest BCUT2D eigenvalue weighted by Gasteiger charge is -2.39. The van der Waals surface area contributed by atoms with Crippen LogP contribution in [0.2, 0.25) is 0 Å². The first kappa shape index (κ1) is 14.7. The zero-order valence-electron chi connectivity index (χ0n) is 13.5. The van der Waals surface area contributed by atoms with Crippen molar-refractivity contribution in [2.45, 2.75) is 50.4 Å². The third-order valence-electron chi connectivity index (χ3n) is 5.54. The number of nitrogens with zero attached hydrogens (tertiary/aromatic N) is 1. The van der Waals surface area contributed by atoms with Gasteiger partial charge >= 0.3 is 0 Å². The van der Waals surface area contributed by atoms with Crippen molar-refractivity contribution in [1.82, 2.24) is 0 Å². The summed E-state index contributed by atoms with van der Waals surface area (Å²) < 4.78 is 5.89. The lowest BCUT2D eigenvalue weighted by molar-refractivity contribution is 0.287. The zero-order chi connectivity index (χ0) is 14.9. The zero-order valence-corrected chi connectivity index (χ0v) is 13.5. The summed E-state index contributed by atoms with van der Waals surface area (Å²) in [4.78, 5) is 2.35. The number of ether oxygens (including phenoxy) is 1. The highest BCUT2D eigenvalue weighted by Crippen LogP contribution is 2.46. The van der Waals surface area contributed by atoms with E-state index in [-0.39, 0.29) is 5.41 Å². The van der Waals surface area contributed by atoms with Crippen molar-refractivity contribution in [3.8, 4) is 5.75 Å². The Kier molecular flexibility index (Phi) is 4.12. The molecule has 2 N–H and O–H groups in total. The fourth-order valence-electron chi connectivity index (χ4n) is 4.29. The van der Waals surface area contributed by atoms with E-state index in [1.54, 1.807) is 0 Å². The molecule has 0 bridgehead atoms. The molecule has 3 nitrogen and oxygen atoms in total. The molecule has 1 aliphatic carbocycles. The molecule has 0 amide bonds. The van der Waals surface area contributed by atoms with Crippen LogP contribution in [0.25, 0.3) is 0 Å². The van der Waals surface area contributed by atoms with Crippen molar-refractivity contribution in [2.24, 2.45) is 5.73 Å². The number of hydrogen-bond acceptors (Lipinski definition) is 3. The average Bonchev–Trinajstić information content (AvgIpc) is 2.54. The van der Waals surface area contributed by atoms with Gasteiger partial charge in [0.05, 0.1) is 7.11 Å². The minimum atomic E-state index is 0.134. The Morgan fingerprint density at radius 1 is 1.19 bits per heavy atom. The molecule has 0 saturated heterocycles. The minimum absolute atomic E-state index is 0.134. The van der Waals surface area contributed by atoms with Gasteiger partial charge in [0, 0.05) is 42.4 Å². The predicted octanol–water partition coefficient (Wildman–Crippen LogP) is 3.24. The van der Waals surface area contributed by atoms with Crippen molar-refractivity contribution in [3.05, 3.63) is 23.3 Å². The third-order valence-corrected chi connectivity index (χ3v) is 5.54. The van der Waals surface area contributed by atoms with Gasteiger partial charge in [0.15, 0.2) is 0 Å². The molecule has 0 spiro atoms. The van der Waals surface area contributed by atoms with Crippen molar-refractivity contribution in [1.29, 1.82) is 0 Å². The molecular weight excluding hydrogens is 260 g/mol. The lowest BCUT2D eigenvalue weighted by Crippen LogP contribution is -2.38. The predicted molar refractivity (Wildman–Crippen MR) is 88.4 cm³/mol. The molecule has 1 fully saturated rings. The molecule has 1 aromatic rings. The number of anilines is 1. The fourth-order valence-corrected chi connectivity index (χ4v) is 4.29. The summed E-state index contributed by atoms with van der Waals surface area (Å²) in [6.45, 7) is 1.87. The Balaban J connectivity index is 2.10. The van der Waals surface area contributed by atoms with Crippen LogP contribution in [-0.4, -0.2) is 27.2 Å². The van der Waals surface area contributed by atoms with Crippen LogP contribution in [0.15, 0.2) is 12.1 Å². The van der Waals surface area contributed by atoms with Gasteiger partial charge in [0.2, 0.25) is 0 Å². The van der Waals surface area contributed by atoms with E-state index in [4.69, 9.17) is 10.5 Å². The second-order valence-electron chi connectivity index (χ2n) is 6.71. The SMILES string of the molecule is COc1c(C2(CN)CCCCC2)ccc2c1CCCN2C. The molecule has 0 aromatic heterocycles. The van der Waals surface area contributed by atoms with Crippen LogP contribution < -0.4 is 15.4 Å². The van der Waals surface area contributed by atoms with Gasteiger partial charge in [-0.3, -0.25) is 0 Å². The first-order valence-electron chi connectivity index (χ1n) is 8.33. The van der Waals surface area contributed by atoms with Gasteiger partial charge in [-0.1, -0.05) is 25.3 Å².